The van der Waals surface area contributed by atoms with Crippen molar-refractivity contribution in [2.75, 3.05) is 0 Å². The Morgan fingerprint density at radius 2 is 1.85 bits per heavy atom. The molecule has 0 N–H and O–H groups in total. The van der Waals surface area contributed by atoms with E-state index in [1.165, 1.54) is 23.7 Å². The van der Waals surface area contributed by atoms with Gasteiger partial charge in [0.25, 0.3) is 0 Å². The number of fused-ring (bicyclic) bond motifs is 1. The van der Waals surface area contributed by atoms with E-state index in [1.54, 1.807) is 18.3 Å². The molecule has 0 atom stereocenters. The minimum atomic E-state index is -5.09. The van der Waals surface area contributed by atoms with Crippen molar-refractivity contribution in [3.8, 4) is 21.0 Å². The molecule has 4 aromatic rings. The van der Waals surface area contributed by atoms with E-state index in [0.717, 1.165) is 21.0 Å². The summed E-state index contributed by atoms with van der Waals surface area (Å²) in [7, 11) is 0. The number of aromatic nitrogens is 3. The lowest BCUT2D eigenvalue weighted by atomic mass is 10.2. The van der Waals surface area contributed by atoms with Gasteiger partial charge >= 0.3 is 12.1 Å². The molecule has 27 heavy (non-hydrogen) atoms. The molecule has 4 rings (SSSR count). The molecule has 0 saturated heterocycles. The molecule has 9 heteroatoms. The van der Waals surface area contributed by atoms with Gasteiger partial charge in [0.2, 0.25) is 0 Å². The van der Waals surface area contributed by atoms with Crippen molar-refractivity contribution in [3.63, 3.8) is 0 Å². The molecule has 1 aromatic carbocycles. The Labute approximate surface area is 154 Å². The zero-order valence-corrected chi connectivity index (χ0v) is 14.3. The molecular weight excluding hydrogens is 379 g/mol. The zero-order chi connectivity index (χ0) is 19.0. The van der Waals surface area contributed by atoms with Crippen LogP contribution < -0.4 is 4.84 Å². The summed E-state index contributed by atoms with van der Waals surface area (Å²) in [6.07, 6.45) is -0.723. The van der Waals surface area contributed by atoms with Gasteiger partial charge in [-0.1, -0.05) is 30.3 Å². The van der Waals surface area contributed by atoms with Crippen LogP contribution in [0.4, 0.5) is 13.2 Å². The first-order valence-corrected chi connectivity index (χ1v) is 8.52. The Hall–Kier alpha value is -3.20. The van der Waals surface area contributed by atoms with Crippen LogP contribution >= 0.6 is 11.3 Å². The van der Waals surface area contributed by atoms with Gasteiger partial charge in [-0.3, -0.25) is 0 Å². The number of alkyl halides is 3. The van der Waals surface area contributed by atoms with Gasteiger partial charge in [-0.2, -0.15) is 17.9 Å². The SMILES string of the molecule is O=C(On1ccc2c(-c3cnc(-c4ccccc4)s3)ccnc21)C(F)(F)F. The lowest BCUT2D eigenvalue weighted by Gasteiger charge is -2.07. The lowest BCUT2D eigenvalue weighted by Crippen LogP contribution is -2.33. The zero-order valence-electron chi connectivity index (χ0n) is 13.5. The minimum Gasteiger partial charge on any atom is -0.326 e. The molecular formula is C18H10F3N3O2S. The van der Waals surface area contributed by atoms with Gasteiger partial charge in [0.1, 0.15) is 5.01 Å². The van der Waals surface area contributed by atoms with E-state index in [9.17, 15) is 18.0 Å². The fourth-order valence-electron chi connectivity index (χ4n) is 2.56. The second kappa shape index (κ2) is 6.51. The summed E-state index contributed by atoms with van der Waals surface area (Å²) < 4.78 is 38.0. The van der Waals surface area contributed by atoms with Gasteiger partial charge in [-0.15, -0.1) is 11.3 Å². The third-order valence-corrected chi connectivity index (χ3v) is 4.84. The molecule has 0 unspecified atom stereocenters. The highest BCUT2D eigenvalue weighted by molar-refractivity contribution is 7.18. The molecule has 0 fully saturated rings. The van der Waals surface area contributed by atoms with Crippen LogP contribution in [-0.2, 0) is 4.79 Å². The van der Waals surface area contributed by atoms with Crippen LogP contribution in [0.15, 0.2) is 61.1 Å². The molecule has 0 saturated carbocycles. The molecule has 0 aliphatic rings. The number of pyridine rings is 1. The molecule has 0 amide bonds. The van der Waals surface area contributed by atoms with Gasteiger partial charge in [-0.05, 0) is 12.1 Å². The summed E-state index contributed by atoms with van der Waals surface area (Å²) in [5.74, 6) is -2.31. The van der Waals surface area contributed by atoms with Crippen molar-refractivity contribution < 1.29 is 22.8 Å². The largest absolute Gasteiger partial charge is 0.493 e. The van der Waals surface area contributed by atoms with E-state index in [4.69, 9.17) is 0 Å². The number of halogens is 3. The lowest BCUT2D eigenvalue weighted by molar-refractivity contribution is -0.199. The van der Waals surface area contributed by atoms with Gasteiger partial charge in [0.05, 0.1) is 4.88 Å². The summed E-state index contributed by atoms with van der Waals surface area (Å²) in [4.78, 5) is 24.7. The van der Waals surface area contributed by atoms with Gasteiger partial charge < -0.3 is 4.84 Å². The van der Waals surface area contributed by atoms with E-state index in [1.807, 2.05) is 30.3 Å². The number of carbonyl (C=O) groups is 1. The number of benzene rings is 1. The summed E-state index contributed by atoms with van der Waals surface area (Å²) in [6.45, 7) is 0. The van der Waals surface area contributed by atoms with Crippen molar-refractivity contribution in [1.29, 1.82) is 0 Å². The monoisotopic (exact) mass is 389 g/mol. The molecule has 0 aliphatic heterocycles. The van der Waals surface area contributed by atoms with Crippen molar-refractivity contribution >= 4 is 28.3 Å². The molecule has 0 aliphatic carbocycles. The minimum absolute atomic E-state index is 0.111. The summed E-state index contributed by atoms with van der Waals surface area (Å²) in [6, 6.07) is 12.9. The first-order chi connectivity index (χ1) is 12.9. The van der Waals surface area contributed by atoms with E-state index >= 15 is 0 Å². The van der Waals surface area contributed by atoms with E-state index < -0.39 is 12.1 Å². The summed E-state index contributed by atoms with van der Waals surface area (Å²) in [5, 5.41) is 1.37. The van der Waals surface area contributed by atoms with Crippen LogP contribution in [0.5, 0.6) is 0 Å². The standard InChI is InChI=1S/C18H10F3N3O2S/c19-18(20,21)17(25)26-24-9-7-13-12(6-8-22-15(13)24)14-10-23-16(27-14)11-4-2-1-3-5-11/h1-10H. The Kier molecular flexibility index (Phi) is 4.15. The Morgan fingerprint density at radius 1 is 1.07 bits per heavy atom. The smallest absolute Gasteiger partial charge is 0.326 e. The predicted molar refractivity (Wildman–Crippen MR) is 93.9 cm³/mol. The summed E-state index contributed by atoms with van der Waals surface area (Å²) in [5.41, 5.74) is 1.82. The molecule has 0 spiro atoms. The average molecular weight is 389 g/mol. The van der Waals surface area contributed by atoms with E-state index in [2.05, 4.69) is 14.8 Å². The first-order valence-electron chi connectivity index (χ1n) is 7.70. The van der Waals surface area contributed by atoms with Crippen LogP contribution in [0.1, 0.15) is 0 Å². The number of carbonyl (C=O) groups excluding carboxylic acids is 1. The number of hydrogen-bond acceptors (Lipinski definition) is 5. The highest BCUT2D eigenvalue weighted by Gasteiger charge is 2.42. The van der Waals surface area contributed by atoms with E-state index in [0.29, 0.717) is 10.1 Å². The van der Waals surface area contributed by atoms with Gasteiger partial charge in [0, 0.05) is 35.1 Å². The van der Waals surface area contributed by atoms with E-state index in [-0.39, 0.29) is 5.65 Å². The van der Waals surface area contributed by atoms with Gasteiger partial charge in [-0.25, -0.2) is 14.8 Å². The number of rotatable bonds is 3. The van der Waals surface area contributed by atoms with Gasteiger partial charge in [0.15, 0.2) is 5.65 Å². The van der Waals surface area contributed by atoms with Crippen molar-refractivity contribution in [2.45, 2.75) is 6.18 Å². The average Bonchev–Trinajstić information content (AvgIpc) is 3.29. The van der Waals surface area contributed by atoms with Crippen LogP contribution in [-0.4, -0.2) is 26.8 Å². The second-order valence-corrected chi connectivity index (χ2v) is 6.54. The maximum Gasteiger partial charge on any atom is 0.493 e. The summed E-state index contributed by atoms with van der Waals surface area (Å²) >= 11 is 1.45. The van der Waals surface area contributed by atoms with Crippen LogP contribution in [0.2, 0.25) is 0 Å². The fourth-order valence-corrected chi connectivity index (χ4v) is 3.52. The maximum atomic E-state index is 12.4. The highest BCUT2D eigenvalue weighted by Crippen LogP contribution is 2.35. The van der Waals surface area contributed by atoms with Crippen molar-refractivity contribution in [1.82, 2.24) is 14.7 Å². The third-order valence-electron chi connectivity index (χ3n) is 3.76. The first kappa shape index (κ1) is 17.2. The van der Waals surface area contributed by atoms with Crippen LogP contribution in [0.25, 0.3) is 32.0 Å². The number of hydrogen-bond donors (Lipinski definition) is 0. The Morgan fingerprint density at radius 3 is 2.59 bits per heavy atom. The number of nitrogens with zero attached hydrogens (tertiary/aromatic N) is 3. The maximum absolute atomic E-state index is 12.4. The molecule has 5 nitrogen and oxygen atoms in total. The molecule has 0 bridgehead atoms. The highest BCUT2D eigenvalue weighted by atomic mass is 32.1. The topological polar surface area (TPSA) is 57.0 Å². The molecule has 0 radical (unpaired) electrons. The second-order valence-electron chi connectivity index (χ2n) is 5.51. The molecule has 136 valence electrons. The van der Waals surface area contributed by atoms with Crippen molar-refractivity contribution in [3.05, 3.63) is 61.1 Å². The Bertz CT molecular complexity index is 1120. The Balaban J connectivity index is 1.72. The third kappa shape index (κ3) is 3.28. The molecule has 3 heterocycles. The predicted octanol–water partition coefficient (Wildman–Crippen LogP) is 4.34. The molecule has 3 aromatic heterocycles. The van der Waals surface area contributed by atoms with Crippen LogP contribution in [0, 0.1) is 0 Å². The van der Waals surface area contributed by atoms with Crippen LogP contribution in [0.3, 0.4) is 0 Å². The number of thiazole rings is 1. The normalized spacial score (nSPS) is 11.7. The van der Waals surface area contributed by atoms with Crippen molar-refractivity contribution in [2.24, 2.45) is 0 Å². The fraction of sp³-hybridized carbons (Fsp3) is 0.0556. The quantitative estimate of drug-likeness (QED) is 0.523.